The molecule has 4 aliphatic rings. The molecule has 0 radical (unpaired) electrons. The van der Waals surface area contributed by atoms with Gasteiger partial charge in [-0.25, -0.2) is 23.3 Å². The van der Waals surface area contributed by atoms with E-state index in [0.29, 0.717) is 46.6 Å². The second-order valence-corrected chi connectivity index (χ2v) is 17.2. The Labute approximate surface area is 323 Å². The molecule has 280 valence electrons. The SMILES string of the molecule is Cn1nc(N2CCC(=S)NC2=O)c2ccc(C3CCN(CC4CCN(c5cccc(S(=O)N6CCC(Nc7ncc(Cl)cn7)CC6)c5)CC4)CC3)cc21. The van der Waals surface area contributed by atoms with Crippen molar-refractivity contribution in [2.75, 3.05) is 67.5 Å². The summed E-state index contributed by atoms with van der Waals surface area (Å²) >= 11 is 11.1. The fraction of sp³-hybridized carbons (Fsp3) is 0.500. The van der Waals surface area contributed by atoms with E-state index in [-0.39, 0.29) is 12.1 Å². The van der Waals surface area contributed by atoms with E-state index in [2.05, 4.69) is 71.1 Å². The molecule has 2 N–H and O–H groups in total. The van der Waals surface area contributed by atoms with Crippen LogP contribution in [0.1, 0.15) is 56.4 Å². The highest BCUT2D eigenvalue weighted by atomic mass is 35.5. The Hall–Kier alpha value is -3.69. The summed E-state index contributed by atoms with van der Waals surface area (Å²) in [5.41, 5.74) is 3.59. The fourth-order valence-corrected chi connectivity index (χ4v) is 9.87. The number of hydrogen-bond donors (Lipinski definition) is 2. The van der Waals surface area contributed by atoms with Crippen molar-refractivity contribution in [1.82, 2.24) is 34.3 Å². The zero-order valence-corrected chi connectivity index (χ0v) is 32.5. The number of amides is 2. The number of nitrogens with one attached hydrogen (secondary N) is 2. The van der Waals surface area contributed by atoms with E-state index in [4.69, 9.17) is 28.9 Å². The van der Waals surface area contributed by atoms with Gasteiger partial charge in [0.05, 0.1) is 32.8 Å². The van der Waals surface area contributed by atoms with Gasteiger partial charge in [0.15, 0.2) is 5.82 Å². The molecule has 0 spiro atoms. The highest BCUT2D eigenvalue weighted by molar-refractivity contribution is 7.82. The number of likely N-dealkylation sites (tertiary alicyclic amines) is 1. The maximum absolute atomic E-state index is 13.6. The quantitative estimate of drug-likeness (QED) is 0.199. The van der Waals surface area contributed by atoms with Crippen LogP contribution in [0.5, 0.6) is 0 Å². The normalized spacial score (nSPS) is 20.9. The smallest absolute Gasteiger partial charge is 0.327 e. The number of urea groups is 1. The molecule has 4 saturated heterocycles. The molecular weight excluding hydrogens is 728 g/mol. The summed E-state index contributed by atoms with van der Waals surface area (Å²) in [4.78, 5) is 29.4. The summed E-state index contributed by atoms with van der Waals surface area (Å²) in [5, 5.41) is 12.4. The van der Waals surface area contributed by atoms with Crippen LogP contribution in [0.2, 0.25) is 5.02 Å². The summed E-state index contributed by atoms with van der Waals surface area (Å²) in [7, 11) is 0.766. The first-order chi connectivity index (χ1) is 25.8. The number of halogens is 1. The molecule has 53 heavy (non-hydrogen) atoms. The fourth-order valence-electron chi connectivity index (χ4n) is 8.34. The molecule has 2 aromatic heterocycles. The van der Waals surface area contributed by atoms with Crippen LogP contribution >= 0.6 is 23.8 Å². The molecule has 2 amide bonds. The number of nitrogens with zero attached hydrogens (tertiary/aromatic N) is 8. The predicted octanol–water partition coefficient (Wildman–Crippen LogP) is 5.96. The number of anilines is 3. The molecule has 0 aliphatic carbocycles. The van der Waals surface area contributed by atoms with Crippen LogP contribution in [0.25, 0.3) is 10.9 Å². The molecular formula is C38H47ClN10O2S2. The molecule has 2 aromatic carbocycles. The maximum Gasteiger partial charge on any atom is 0.327 e. The number of hydrogen-bond acceptors (Lipinski definition) is 9. The Bertz CT molecular complexity index is 1970. The second-order valence-electron chi connectivity index (χ2n) is 14.8. The van der Waals surface area contributed by atoms with E-state index in [1.165, 1.54) is 24.1 Å². The van der Waals surface area contributed by atoms with Crippen molar-refractivity contribution in [3.63, 3.8) is 0 Å². The summed E-state index contributed by atoms with van der Waals surface area (Å²) in [6.45, 7) is 7.49. The van der Waals surface area contributed by atoms with Gasteiger partial charge in [0.1, 0.15) is 11.0 Å². The monoisotopic (exact) mass is 774 g/mol. The number of carbonyl (C=O) groups excluding carboxylic acids is 1. The van der Waals surface area contributed by atoms with Gasteiger partial charge in [-0.15, -0.1) is 0 Å². The van der Waals surface area contributed by atoms with Crippen molar-refractivity contribution >= 4 is 74.2 Å². The maximum atomic E-state index is 13.6. The lowest BCUT2D eigenvalue weighted by molar-refractivity contribution is 0.170. The summed E-state index contributed by atoms with van der Waals surface area (Å²) in [5.74, 6) is 2.50. The zero-order chi connectivity index (χ0) is 36.5. The van der Waals surface area contributed by atoms with E-state index in [9.17, 15) is 9.00 Å². The highest BCUT2D eigenvalue weighted by Gasteiger charge is 2.30. The molecule has 4 fully saturated rings. The summed E-state index contributed by atoms with van der Waals surface area (Å²) in [6, 6.07) is 15.1. The van der Waals surface area contributed by atoms with Gasteiger partial charge < -0.3 is 20.4 Å². The molecule has 8 rings (SSSR count). The van der Waals surface area contributed by atoms with Gasteiger partial charge in [-0.1, -0.05) is 36.0 Å². The van der Waals surface area contributed by atoms with Crippen LogP contribution in [0.4, 0.5) is 22.2 Å². The van der Waals surface area contributed by atoms with E-state index in [1.807, 2.05) is 17.8 Å². The van der Waals surface area contributed by atoms with Crippen molar-refractivity contribution in [2.45, 2.75) is 61.8 Å². The number of fused-ring (bicyclic) bond motifs is 1. The number of carbonyl (C=O) groups is 1. The number of aryl methyl sites for hydroxylation is 1. The molecule has 12 nitrogen and oxygen atoms in total. The first-order valence-corrected chi connectivity index (χ1v) is 20.7. The van der Waals surface area contributed by atoms with Crippen LogP contribution in [0, 0.1) is 5.92 Å². The standard InChI is InChI=1S/C38H47ClN10O2S2/c1-45-34-21-28(5-6-33(34)36(44-45)49-20-13-35(52)43-38(49)50)27-9-14-46(15-10-27)25-26-7-16-47(17-8-26)31-3-2-4-32(22-31)53(51)48-18-11-30(12-19-48)42-37-40-23-29(39)24-41-37/h2-6,21-24,26-27,30H,7-20,25H2,1H3,(H,40,41,42)(H,43,50,52). The number of rotatable bonds is 9. The molecule has 0 bridgehead atoms. The largest absolute Gasteiger partial charge is 0.371 e. The van der Waals surface area contributed by atoms with Crippen LogP contribution in [-0.2, 0) is 18.0 Å². The third kappa shape index (κ3) is 8.21. The Balaban J connectivity index is 0.794. The first-order valence-electron chi connectivity index (χ1n) is 18.8. The van der Waals surface area contributed by atoms with E-state index < -0.39 is 11.0 Å². The van der Waals surface area contributed by atoms with Gasteiger partial charge in [0.25, 0.3) is 0 Å². The molecule has 4 aromatic rings. The molecule has 4 aliphatic heterocycles. The van der Waals surface area contributed by atoms with Crippen LogP contribution < -0.4 is 20.4 Å². The van der Waals surface area contributed by atoms with Crippen LogP contribution in [0.3, 0.4) is 0 Å². The van der Waals surface area contributed by atoms with E-state index in [0.717, 1.165) is 87.3 Å². The number of benzene rings is 2. The predicted molar refractivity (Wildman–Crippen MR) is 215 cm³/mol. The molecule has 6 heterocycles. The molecule has 15 heteroatoms. The van der Waals surface area contributed by atoms with Gasteiger partial charge in [-0.05, 0) is 99.3 Å². The number of aromatic nitrogens is 4. The van der Waals surface area contributed by atoms with E-state index in [1.54, 1.807) is 17.3 Å². The zero-order valence-electron chi connectivity index (χ0n) is 30.1. The van der Waals surface area contributed by atoms with Gasteiger partial charge >= 0.3 is 6.03 Å². The second kappa shape index (κ2) is 16.0. The molecule has 1 atom stereocenters. The lowest BCUT2D eigenvalue weighted by Crippen LogP contribution is -2.49. The Morgan fingerprint density at radius 3 is 2.43 bits per heavy atom. The van der Waals surface area contributed by atoms with Gasteiger partial charge in [-0.3, -0.25) is 9.58 Å². The lowest BCUT2D eigenvalue weighted by Gasteiger charge is -2.38. The number of piperidine rings is 3. The minimum atomic E-state index is -1.19. The average Bonchev–Trinajstić information content (AvgIpc) is 3.51. The van der Waals surface area contributed by atoms with Crippen LogP contribution in [0.15, 0.2) is 59.8 Å². The topological polar surface area (TPSA) is 115 Å². The summed E-state index contributed by atoms with van der Waals surface area (Å²) < 4.78 is 17.6. The van der Waals surface area contributed by atoms with Gasteiger partial charge in [-0.2, -0.15) is 5.10 Å². The minimum Gasteiger partial charge on any atom is -0.371 e. The molecule has 0 saturated carbocycles. The van der Waals surface area contributed by atoms with Crippen molar-refractivity contribution in [3.8, 4) is 0 Å². The van der Waals surface area contributed by atoms with Crippen LogP contribution in [-0.4, -0.2) is 103 Å². The number of thiocarbonyl (C=S) groups is 1. The van der Waals surface area contributed by atoms with Gasteiger partial charge in [0.2, 0.25) is 5.95 Å². The Kier molecular flexibility index (Phi) is 10.9. The van der Waals surface area contributed by atoms with Crippen molar-refractivity contribution in [3.05, 3.63) is 65.4 Å². The van der Waals surface area contributed by atoms with Crippen molar-refractivity contribution < 1.29 is 9.00 Å². The average molecular weight is 775 g/mol. The Morgan fingerprint density at radius 1 is 0.943 bits per heavy atom. The van der Waals surface area contributed by atoms with E-state index >= 15 is 0 Å². The third-order valence-corrected chi connectivity index (χ3v) is 13.4. The highest BCUT2D eigenvalue weighted by Crippen LogP contribution is 2.35. The Morgan fingerprint density at radius 2 is 1.70 bits per heavy atom. The molecule has 1 unspecified atom stereocenters. The van der Waals surface area contributed by atoms with Crippen molar-refractivity contribution in [1.29, 1.82) is 0 Å². The van der Waals surface area contributed by atoms with Crippen molar-refractivity contribution in [2.24, 2.45) is 13.0 Å². The lowest BCUT2D eigenvalue weighted by atomic mass is 9.88. The first kappa shape index (κ1) is 36.3. The summed E-state index contributed by atoms with van der Waals surface area (Å²) in [6.07, 6.45) is 10.2. The van der Waals surface area contributed by atoms with Gasteiger partial charge in [0, 0.05) is 69.9 Å². The third-order valence-electron chi connectivity index (χ3n) is 11.4. The minimum absolute atomic E-state index is 0.199.